The van der Waals surface area contributed by atoms with Crippen LogP contribution in [0.25, 0.3) is 0 Å². The number of carbonyl (C=O) groups is 1. The van der Waals surface area contributed by atoms with Gasteiger partial charge in [0.25, 0.3) is 5.91 Å². The van der Waals surface area contributed by atoms with E-state index in [1.165, 1.54) is 11.3 Å². The first-order chi connectivity index (χ1) is 8.10. The maximum absolute atomic E-state index is 11.9. The number of aromatic nitrogens is 1. The van der Waals surface area contributed by atoms with E-state index in [1.54, 1.807) is 5.38 Å². The summed E-state index contributed by atoms with van der Waals surface area (Å²) in [7, 11) is 0. The number of aliphatic hydroxyl groups is 1. The highest BCUT2D eigenvalue weighted by Crippen LogP contribution is 2.31. The Morgan fingerprint density at radius 1 is 1.76 bits per heavy atom. The molecule has 0 saturated heterocycles. The lowest BCUT2D eigenvalue weighted by molar-refractivity contribution is 0.0232. The maximum atomic E-state index is 11.9. The van der Waals surface area contributed by atoms with E-state index < -0.39 is 0 Å². The minimum absolute atomic E-state index is 0.119. The van der Waals surface area contributed by atoms with Crippen LogP contribution in [-0.2, 0) is 0 Å². The zero-order valence-corrected chi connectivity index (χ0v) is 10.5. The fourth-order valence-corrected chi connectivity index (χ4v) is 2.69. The molecule has 4 N–H and O–H groups in total. The third-order valence-corrected chi connectivity index (χ3v) is 3.90. The molecule has 94 valence electrons. The smallest absolute Gasteiger partial charge is 0.271 e. The van der Waals surface area contributed by atoms with Crippen molar-refractivity contribution >= 4 is 22.4 Å². The van der Waals surface area contributed by atoms with Gasteiger partial charge in [0.1, 0.15) is 5.69 Å². The average molecular weight is 255 g/mol. The average Bonchev–Trinajstić information content (AvgIpc) is 2.68. The van der Waals surface area contributed by atoms with Crippen LogP contribution in [0, 0.1) is 5.92 Å². The molecule has 0 spiro atoms. The maximum Gasteiger partial charge on any atom is 0.271 e. The van der Waals surface area contributed by atoms with Gasteiger partial charge in [-0.2, -0.15) is 0 Å². The second-order valence-electron chi connectivity index (χ2n) is 4.44. The number of amides is 1. The van der Waals surface area contributed by atoms with Crippen molar-refractivity contribution in [2.24, 2.45) is 5.92 Å². The van der Waals surface area contributed by atoms with Crippen LogP contribution >= 0.6 is 11.3 Å². The van der Waals surface area contributed by atoms with E-state index in [1.807, 2.05) is 6.92 Å². The number of nitrogens with two attached hydrogens (primary N) is 1. The van der Waals surface area contributed by atoms with Gasteiger partial charge in [0.2, 0.25) is 0 Å². The second-order valence-corrected chi connectivity index (χ2v) is 5.33. The molecule has 1 unspecified atom stereocenters. The van der Waals surface area contributed by atoms with E-state index in [9.17, 15) is 9.90 Å². The molecular weight excluding hydrogens is 238 g/mol. The number of hydrogen-bond acceptors (Lipinski definition) is 5. The summed E-state index contributed by atoms with van der Waals surface area (Å²) in [5.74, 6) is 0.209. The predicted molar refractivity (Wildman–Crippen MR) is 66.8 cm³/mol. The summed E-state index contributed by atoms with van der Waals surface area (Å²) >= 11 is 1.26. The molecule has 1 atom stereocenters. The molecule has 1 aliphatic carbocycles. The minimum Gasteiger partial charge on any atom is -0.393 e. The van der Waals surface area contributed by atoms with E-state index in [-0.39, 0.29) is 18.1 Å². The monoisotopic (exact) mass is 255 g/mol. The molecule has 0 aromatic carbocycles. The number of nitrogens with zero attached hydrogens (tertiary/aromatic N) is 1. The van der Waals surface area contributed by atoms with E-state index in [0.29, 0.717) is 16.7 Å². The van der Waals surface area contributed by atoms with Gasteiger partial charge in [-0.15, -0.1) is 11.3 Å². The van der Waals surface area contributed by atoms with Crippen LogP contribution < -0.4 is 11.1 Å². The molecule has 6 heteroatoms. The summed E-state index contributed by atoms with van der Waals surface area (Å²) in [4.78, 5) is 15.8. The Morgan fingerprint density at radius 3 is 2.94 bits per heavy atom. The van der Waals surface area contributed by atoms with Crippen molar-refractivity contribution in [1.82, 2.24) is 10.3 Å². The number of anilines is 1. The minimum atomic E-state index is -0.194. The highest BCUT2D eigenvalue weighted by Gasteiger charge is 2.34. The van der Waals surface area contributed by atoms with Gasteiger partial charge in [-0.25, -0.2) is 4.98 Å². The van der Waals surface area contributed by atoms with E-state index >= 15 is 0 Å². The predicted octanol–water partition coefficient (Wildman–Crippen LogP) is 1.00. The van der Waals surface area contributed by atoms with Crippen LogP contribution in [0.1, 0.15) is 36.7 Å². The van der Waals surface area contributed by atoms with Crippen LogP contribution in [0.5, 0.6) is 0 Å². The summed E-state index contributed by atoms with van der Waals surface area (Å²) < 4.78 is 0. The number of nitrogens with one attached hydrogen (secondary N) is 1. The summed E-state index contributed by atoms with van der Waals surface area (Å²) in [6.07, 6.45) is 2.22. The quantitative estimate of drug-likeness (QED) is 0.749. The van der Waals surface area contributed by atoms with Gasteiger partial charge in [-0.3, -0.25) is 4.79 Å². The highest BCUT2D eigenvalue weighted by molar-refractivity contribution is 7.13. The van der Waals surface area contributed by atoms with Gasteiger partial charge < -0.3 is 16.2 Å². The van der Waals surface area contributed by atoms with Crippen LogP contribution in [0.15, 0.2) is 5.38 Å². The first-order valence-corrected chi connectivity index (χ1v) is 6.68. The SMILES string of the molecule is CCC(NC(=O)c1csc(N)n1)C1CC(O)C1. The number of hydrogen-bond donors (Lipinski definition) is 3. The normalized spacial score (nSPS) is 25.1. The molecule has 1 aromatic heterocycles. The Bertz CT molecular complexity index is 401. The summed E-state index contributed by atoms with van der Waals surface area (Å²) in [5.41, 5.74) is 5.87. The molecule has 1 fully saturated rings. The molecule has 0 aliphatic heterocycles. The molecule has 5 nitrogen and oxygen atoms in total. The first-order valence-electron chi connectivity index (χ1n) is 5.80. The summed E-state index contributed by atoms with van der Waals surface area (Å²) in [6.45, 7) is 2.03. The summed E-state index contributed by atoms with van der Waals surface area (Å²) in [5, 5.41) is 14.3. The Hall–Kier alpha value is -1.14. The lowest BCUT2D eigenvalue weighted by atomic mass is 9.76. The molecule has 1 aliphatic rings. The van der Waals surface area contributed by atoms with Crippen molar-refractivity contribution in [2.75, 3.05) is 5.73 Å². The van der Waals surface area contributed by atoms with Crippen molar-refractivity contribution in [1.29, 1.82) is 0 Å². The number of rotatable bonds is 4. The fourth-order valence-electron chi connectivity index (χ4n) is 2.15. The molecule has 1 saturated carbocycles. The Kier molecular flexibility index (Phi) is 3.63. The standard InChI is InChI=1S/C11H17N3O2S/c1-2-8(6-3-7(15)4-6)13-10(16)9-5-17-11(12)14-9/h5-8,15H,2-4H2,1H3,(H2,12,14)(H,13,16). The topological polar surface area (TPSA) is 88.2 Å². The number of nitrogen functional groups attached to an aromatic ring is 1. The zero-order valence-electron chi connectivity index (χ0n) is 9.72. The third kappa shape index (κ3) is 2.76. The van der Waals surface area contributed by atoms with Crippen molar-refractivity contribution in [3.63, 3.8) is 0 Å². The first kappa shape index (κ1) is 12.3. The Morgan fingerprint density at radius 2 is 2.47 bits per heavy atom. The molecule has 1 aromatic rings. The largest absolute Gasteiger partial charge is 0.393 e. The Balaban J connectivity index is 1.92. The molecule has 0 radical (unpaired) electrons. The highest BCUT2D eigenvalue weighted by atomic mass is 32.1. The van der Waals surface area contributed by atoms with E-state index in [2.05, 4.69) is 10.3 Å². The molecule has 2 rings (SSSR count). The van der Waals surface area contributed by atoms with Crippen molar-refractivity contribution in [3.05, 3.63) is 11.1 Å². The molecule has 1 amide bonds. The lowest BCUT2D eigenvalue weighted by Gasteiger charge is -2.37. The summed E-state index contributed by atoms with van der Waals surface area (Å²) in [6, 6.07) is 0.119. The fraction of sp³-hybridized carbons (Fsp3) is 0.636. The second kappa shape index (κ2) is 5.01. The number of aliphatic hydroxyl groups excluding tert-OH is 1. The van der Waals surface area contributed by atoms with Gasteiger partial charge in [0.05, 0.1) is 6.10 Å². The molecule has 0 bridgehead atoms. The van der Waals surface area contributed by atoms with Gasteiger partial charge in [0.15, 0.2) is 5.13 Å². The zero-order chi connectivity index (χ0) is 12.4. The van der Waals surface area contributed by atoms with Crippen LogP contribution in [-0.4, -0.2) is 28.1 Å². The van der Waals surface area contributed by atoms with Gasteiger partial charge >= 0.3 is 0 Å². The Labute approximate surface area is 104 Å². The van der Waals surface area contributed by atoms with Gasteiger partial charge in [0, 0.05) is 11.4 Å². The van der Waals surface area contributed by atoms with Crippen molar-refractivity contribution in [3.8, 4) is 0 Å². The number of thiazole rings is 1. The van der Waals surface area contributed by atoms with E-state index in [4.69, 9.17) is 5.73 Å². The van der Waals surface area contributed by atoms with Crippen LogP contribution in [0.2, 0.25) is 0 Å². The molecule has 17 heavy (non-hydrogen) atoms. The number of carbonyl (C=O) groups excluding carboxylic acids is 1. The molecule has 1 heterocycles. The molecular formula is C11H17N3O2S. The van der Waals surface area contributed by atoms with Gasteiger partial charge in [-0.05, 0) is 25.2 Å². The van der Waals surface area contributed by atoms with Crippen LogP contribution in [0.3, 0.4) is 0 Å². The van der Waals surface area contributed by atoms with Gasteiger partial charge in [-0.1, -0.05) is 6.92 Å². The lowest BCUT2D eigenvalue weighted by Crippen LogP contribution is -2.46. The van der Waals surface area contributed by atoms with E-state index in [0.717, 1.165) is 19.3 Å². The van der Waals surface area contributed by atoms with Crippen molar-refractivity contribution in [2.45, 2.75) is 38.3 Å². The third-order valence-electron chi connectivity index (χ3n) is 3.23. The van der Waals surface area contributed by atoms with Crippen molar-refractivity contribution < 1.29 is 9.90 Å². The van der Waals surface area contributed by atoms with Crippen LogP contribution in [0.4, 0.5) is 5.13 Å².